The van der Waals surface area contributed by atoms with Crippen molar-refractivity contribution in [2.24, 2.45) is 0 Å². The van der Waals surface area contributed by atoms with Crippen molar-refractivity contribution >= 4 is 21.7 Å². The van der Waals surface area contributed by atoms with Crippen molar-refractivity contribution < 1.29 is 13.2 Å². The van der Waals surface area contributed by atoms with E-state index in [9.17, 15) is 13.2 Å². The number of hydrogen-bond acceptors (Lipinski definition) is 6. The van der Waals surface area contributed by atoms with E-state index in [2.05, 4.69) is 19.7 Å². The summed E-state index contributed by atoms with van der Waals surface area (Å²) in [5.74, 6) is 0.352. The van der Waals surface area contributed by atoms with Crippen LogP contribution >= 0.6 is 0 Å². The van der Waals surface area contributed by atoms with Gasteiger partial charge < -0.3 is 4.90 Å². The molecule has 9 nitrogen and oxygen atoms in total. The number of carbonyl (C=O) groups excluding carboxylic acids is 1. The zero-order chi connectivity index (χ0) is 19.7. The highest BCUT2D eigenvalue weighted by Gasteiger charge is 2.25. The number of amides is 1. The number of pyridine rings is 1. The van der Waals surface area contributed by atoms with E-state index in [1.54, 1.807) is 47.1 Å². The molecule has 0 saturated carbocycles. The molecule has 0 fully saturated rings. The largest absolute Gasteiger partial charge is 0.332 e. The molecule has 146 valence electrons. The van der Waals surface area contributed by atoms with Crippen molar-refractivity contribution in [2.75, 3.05) is 12.3 Å². The van der Waals surface area contributed by atoms with E-state index in [1.165, 1.54) is 0 Å². The van der Waals surface area contributed by atoms with Gasteiger partial charge in [-0.15, -0.1) is 0 Å². The number of imidazole rings is 1. The lowest BCUT2D eigenvalue weighted by Crippen LogP contribution is -2.36. The normalized spacial score (nSPS) is 14.2. The standard InChI is InChI=1S/C18H20N6O3S/c1-2-28(26,27)21-10-13-8-14-11-23(7-4-15(14)20-9-13)17(25)16-12-24-6-3-5-19-18(24)22-16/h3,5-6,8-9,12,21H,2,4,7,10-11H2,1H3. The number of aromatic nitrogens is 4. The van der Waals surface area contributed by atoms with E-state index in [1.807, 2.05) is 6.07 Å². The highest BCUT2D eigenvalue weighted by molar-refractivity contribution is 7.89. The third-order valence-electron chi connectivity index (χ3n) is 4.71. The predicted octanol–water partition coefficient (Wildman–Crippen LogP) is 0.762. The third-order valence-corrected chi connectivity index (χ3v) is 6.06. The van der Waals surface area contributed by atoms with Crippen LogP contribution < -0.4 is 4.72 Å². The molecule has 0 aromatic carbocycles. The first-order chi connectivity index (χ1) is 13.4. The Hall–Kier alpha value is -2.85. The van der Waals surface area contributed by atoms with E-state index in [0.717, 1.165) is 16.8 Å². The van der Waals surface area contributed by atoms with Crippen LogP contribution in [0.25, 0.3) is 5.78 Å². The summed E-state index contributed by atoms with van der Waals surface area (Å²) in [6.07, 6.45) is 7.43. The monoisotopic (exact) mass is 400 g/mol. The van der Waals surface area contributed by atoms with Gasteiger partial charge in [0.05, 0.1) is 5.75 Å². The second-order valence-corrected chi connectivity index (χ2v) is 8.70. The molecule has 1 amide bonds. The Labute approximate surface area is 162 Å². The maximum absolute atomic E-state index is 12.9. The fourth-order valence-corrected chi connectivity index (χ4v) is 3.73. The Morgan fingerprint density at radius 3 is 2.96 bits per heavy atom. The molecular weight excluding hydrogens is 380 g/mol. The van der Waals surface area contributed by atoms with Gasteiger partial charge in [0.2, 0.25) is 15.8 Å². The van der Waals surface area contributed by atoms with Crippen molar-refractivity contribution in [2.45, 2.75) is 26.4 Å². The summed E-state index contributed by atoms with van der Waals surface area (Å²) in [7, 11) is -3.27. The molecule has 0 radical (unpaired) electrons. The molecule has 1 aliphatic rings. The van der Waals surface area contributed by atoms with E-state index in [0.29, 0.717) is 31.0 Å². The smallest absolute Gasteiger partial charge is 0.274 e. The summed E-state index contributed by atoms with van der Waals surface area (Å²) in [4.78, 5) is 27.5. The Morgan fingerprint density at radius 1 is 1.32 bits per heavy atom. The van der Waals surface area contributed by atoms with Crippen molar-refractivity contribution in [3.8, 4) is 0 Å². The van der Waals surface area contributed by atoms with Crippen LogP contribution in [0, 0.1) is 0 Å². The maximum Gasteiger partial charge on any atom is 0.274 e. The van der Waals surface area contributed by atoms with Gasteiger partial charge in [0.25, 0.3) is 5.91 Å². The van der Waals surface area contributed by atoms with Crippen molar-refractivity contribution in [1.29, 1.82) is 0 Å². The highest BCUT2D eigenvalue weighted by atomic mass is 32.2. The number of carbonyl (C=O) groups is 1. The summed E-state index contributed by atoms with van der Waals surface area (Å²) in [5.41, 5.74) is 2.97. The van der Waals surface area contributed by atoms with Crippen LogP contribution in [-0.4, -0.2) is 50.9 Å². The Balaban J connectivity index is 1.51. The summed E-state index contributed by atoms with van der Waals surface area (Å²) in [6.45, 7) is 2.74. The Morgan fingerprint density at radius 2 is 2.18 bits per heavy atom. The summed E-state index contributed by atoms with van der Waals surface area (Å²) in [5, 5.41) is 0. The van der Waals surface area contributed by atoms with E-state index in [4.69, 9.17) is 0 Å². The maximum atomic E-state index is 12.9. The molecule has 0 spiro atoms. The lowest BCUT2D eigenvalue weighted by Gasteiger charge is -2.28. The number of fused-ring (bicyclic) bond motifs is 2. The first-order valence-corrected chi connectivity index (χ1v) is 10.6. The van der Waals surface area contributed by atoms with Gasteiger partial charge in [0.15, 0.2) is 0 Å². The fraction of sp³-hybridized carbons (Fsp3) is 0.333. The Kier molecular flexibility index (Phi) is 4.82. The summed E-state index contributed by atoms with van der Waals surface area (Å²) in [6, 6.07) is 3.69. The topological polar surface area (TPSA) is 110 Å². The van der Waals surface area contributed by atoms with Gasteiger partial charge in [-0.05, 0) is 30.2 Å². The van der Waals surface area contributed by atoms with Gasteiger partial charge in [-0.1, -0.05) is 0 Å². The number of hydrogen-bond donors (Lipinski definition) is 1. The molecule has 28 heavy (non-hydrogen) atoms. The molecule has 0 atom stereocenters. The van der Waals surface area contributed by atoms with Crippen LogP contribution in [0.2, 0.25) is 0 Å². The van der Waals surface area contributed by atoms with E-state index >= 15 is 0 Å². The lowest BCUT2D eigenvalue weighted by molar-refractivity contribution is 0.0728. The Bertz CT molecular complexity index is 1110. The minimum Gasteiger partial charge on any atom is -0.332 e. The van der Waals surface area contributed by atoms with Gasteiger partial charge in [0, 0.05) is 56.5 Å². The third kappa shape index (κ3) is 3.73. The molecule has 0 saturated heterocycles. The van der Waals surface area contributed by atoms with Crippen LogP contribution in [0.15, 0.2) is 36.9 Å². The van der Waals surface area contributed by atoms with Gasteiger partial charge >= 0.3 is 0 Å². The van der Waals surface area contributed by atoms with Crippen LogP contribution in [0.1, 0.15) is 34.2 Å². The minimum absolute atomic E-state index is 0.0293. The molecular formula is C18H20N6O3S. The van der Waals surface area contributed by atoms with Crippen LogP contribution in [-0.2, 0) is 29.5 Å². The number of sulfonamides is 1. The lowest BCUT2D eigenvalue weighted by atomic mass is 10.0. The second-order valence-electron chi connectivity index (χ2n) is 6.60. The molecule has 1 N–H and O–H groups in total. The van der Waals surface area contributed by atoms with Gasteiger partial charge in [-0.2, -0.15) is 0 Å². The molecule has 1 aliphatic heterocycles. The van der Waals surface area contributed by atoms with E-state index < -0.39 is 10.0 Å². The van der Waals surface area contributed by atoms with Crippen molar-refractivity contribution in [3.63, 3.8) is 0 Å². The number of rotatable bonds is 5. The summed E-state index contributed by atoms with van der Waals surface area (Å²) < 4.78 is 27.5. The van der Waals surface area contributed by atoms with Gasteiger partial charge in [-0.3, -0.25) is 14.2 Å². The quantitative estimate of drug-likeness (QED) is 0.677. The molecule has 4 heterocycles. The molecule has 0 bridgehead atoms. The molecule has 3 aromatic heterocycles. The van der Waals surface area contributed by atoms with E-state index in [-0.39, 0.29) is 18.2 Å². The molecule has 0 unspecified atom stereocenters. The molecule has 3 aromatic rings. The van der Waals surface area contributed by atoms with Gasteiger partial charge in [-0.25, -0.2) is 23.1 Å². The zero-order valence-electron chi connectivity index (χ0n) is 15.4. The first kappa shape index (κ1) is 18.5. The zero-order valence-corrected chi connectivity index (χ0v) is 16.2. The van der Waals surface area contributed by atoms with Crippen molar-refractivity contribution in [1.82, 2.24) is 29.0 Å². The highest BCUT2D eigenvalue weighted by Crippen LogP contribution is 2.20. The SMILES string of the molecule is CCS(=O)(=O)NCc1cnc2c(c1)CN(C(=O)c1cn3cccnc3n1)CC2. The fourth-order valence-electron chi connectivity index (χ4n) is 3.14. The van der Waals surface area contributed by atoms with Crippen LogP contribution in [0.5, 0.6) is 0 Å². The van der Waals surface area contributed by atoms with Crippen molar-refractivity contribution in [3.05, 3.63) is 59.4 Å². The van der Waals surface area contributed by atoms with Crippen LogP contribution in [0.4, 0.5) is 0 Å². The number of nitrogens with zero attached hydrogens (tertiary/aromatic N) is 5. The molecule has 0 aliphatic carbocycles. The molecule has 4 rings (SSSR count). The number of nitrogens with one attached hydrogen (secondary N) is 1. The summed E-state index contributed by atoms with van der Waals surface area (Å²) >= 11 is 0. The average Bonchev–Trinajstić information content (AvgIpc) is 3.15. The predicted molar refractivity (Wildman–Crippen MR) is 102 cm³/mol. The second kappa shape index (κ2) is 7.28. The van der Waals surface area contributed by atoms with Gasteiger partial charge in [0.1, 0.15) is 5.69 Å². The average molecular weight is 400 g/mol. The first-order valence-electron chi connectivity index (χ1n) is 8.98. The molecule has 10 heteroatoms. The van der Waals surface area contributed by atoms with Crippen LogP contribution in [0.3, 0.4) is 0 Å². The minimum atomic E-state index is -3.27.